The molecule has 114 valence electrons. The molecule has 0 spiro atoms. The van der Waals surface area contributed by atoms with Crippen LogP contribution in [-0.2, 0) is 22.1 Å². The molecule has 8 nitrogen and oxygen atoms in total. The third kappa shape index (κ3) is 3.89. The van der Waals surface area contributed by atoms with Crippen LogP contribution in [0.1, 0.15) is 12.2 Å². The Morgan fingerprint density at radius 3 is 2.67 bits per heavy atom. The molecule has 0 aliphatic carbocycles. The van der Waals surface area contributed by atoms with Gasteiger partial charge in [-0.2, -0.15) is 0 Å². The molecule has 9 heteroatoms. The van der Waals surface area contributed by atoms with E-state index in [4.69, 9.17) is 10.8 Å². The summed E-state index contributed by atoms with van der Waals surface area (Å²) in [4.78, 5) is 33.4. The number of hydrogen-bond donors (Lipinski definition) is 4. The van der Waals surface area contributed by atoms with E-state index >= 15 is 0 Å². The number of carboxylic acid groups (broad SMARTS) is 1. The van der Waals surface area contributed by atoms with E-state index in [-0.39, 0.29) is 12.8 Å². The number of aromatic nitrogens is 2. The van der Waals surface area contributed by atoms with Gasteiger partial charge in [0.05, 0.1) is 11.0 Å². The summed E-state index contributed by atoms with van der Waals surface area (Å²) >= 11 is 0. The molecular weight excluding hydrogens is 297 g/mol. The van der Waals surface area contributed by atoms with Crippen LogP contribution in [0, 0.1) is 0 Å². The number of imidazole rings is 1. The zero-order chi connectivity index (χ0) is 15.6. The average molecular weight is 313 g/mol. The minimum Gasteiger partial charge on any atom is -0.480 e. The van der Waals surface area contributed by atoms with Gasteiger partial charge in [0.25, 0.3) is 0 Å². The third-order valence-electron chi connectivity index (χ3n) is 3.06. The van der Waals surface area contributed by atoms with E-state index in [1.807, 2.05) is 0 Å². The number of benzene rings is 1. The zero-order valence-corrected chi connectivity index (χ0v) is 12.0. The molecule has 0 fully saturated rings. The lowest BCUT2D eigenvalue weighted by Crippen LogP contribution is -2.30. The van der Waals surface area contributed by atoms with Crippen molar-refractivity contribution in [2.45, 2.75) is 25.2 Å². The van der Waals surface area contributed by atoms with Gasteiger partial charge >= 0.3 is 13.6 Å². The second-order valence-corrected chi connectivity index (χ2v) is 6.35. The van der Waals surface area contributed by atoms with Crippen LogP contribution in [0.2, 0.25) is 0 Å². The number of rotatable bonds is 6. The zero-order valence-electron chi connectivity index (χ0n) is 11.1. The van der Waals surface area contributed by atoms with Crippen LogP contribution in [0.4, 0.5) is 0 Å². The van der Waals surface area contributed by atoms with Crippen LogP contribution in [0.25, 0.3) is 11.0 Å². The molecule has 0 bridgehead atoms. The summed E-state index contributed by atoms with van der Waals surface area (Å²) in [5.74, 6) is -0.705. The molecular formula is C12H16N3O5P. The highest BCUT2D eigenvalue weighted by molar-refractivity contribution is 7.50. The van der Waals surface area contributed by atoms with Crippen LogP contribution in [0.3, 0.4) is 0 Å². The number of para-hydroxylation sites is 2. The lowest BCUT2D eigenvalue weighted by molar-refractivity contribution is -0.138. The molecule has 1 heterocycles. The van der Waals surface area contributed by atoms with Crippen LogP contribution >= 0.6 is 7.60 Å². The predicted molar refractivity (Wildman–Crippen MR) is 75.7 cm³/mol. The predicted octanol–water partition coefficient (Wildman–Crippen LogP) is 0.516. The van der Waals surface area contributed by atoms with E-state index < -0.39 is 25.9 Å². The Morgan fingerprint density at radius 2 is 2.05 bits per heavy atom. The fourth-order valence-corrected chi connectivity index (χ4v) is 2.75. The molecule has 1 atom stereocenters. The van der Waals surface area contributed by atoms with E-state index in [0.29, 0.717) is 16.9 Å². The van der Waals surface area contributed by atoms with E-state index in [2.05, 4.69) is 4.98 Å². The van der Waals surface area contributed by atoms with Gasteiger partial charge in [-0.1, -0.05) is 12.1 Å². The topological polar surface area (TPSA) is 139 Å². The van der Waals surface area contributed by atoms with Crippen molar-refractivity contribution in [1.82, 2.24) is 9.55 Å². The number of hydrogen-bond acceptors (Lipinski definition) is 4. The summed E-state index contributed by atoms with van der Waals surface area (Å²) < 4.78 is 12.7. The second kappa shape index (κ2) is 5.95. The van der Waals surface area contributed by atoms with E-state index in [1.165, 1.54) is 4.57 Å². The Morgan fingerprint density at radius 1 is 1.38 bits per heavy atom. The fraction of sp³-hybridized carbons (Fsp3) is 0.333. The highest BCUT2D eigenvalue weighted by Gasteiger charge is 2.21. The van der Waals surface area contributed by atoms with Gasteiger partial charge in [0.1, 0.15) is 18.2 Å². The maximum atomic E-state index is 11.3. The Bertz CT molecular complexity index is 708. The van der Waals surface area contributed by atoms with Crippen molar-refractivity contribution in [3.63, 3.8) is 0 Å². The lowest BCUT2D eigenvalue weighted by Gasteiger charge is -2.11. The molecule has 0 radical (unpaired) electrons. The van der Waals surface area contributed by atoms with Gasteiger partial charge in [0, 0.05) is 6.42 Å². The van der Waals surface area contributed by atoms with Gasteiger partial charge in [-0.3, -0.25) is 9.36 Å². The average Bonchev–Trinajstić information content (AvgIpc) is 2.72. The summed E-state index contributed by atoms with van der Waals surface area (Å²) in [6, 6.07) is 5.91. The van der Waals surface area contributed by atoms with Crippen molar-refractivity contribution in [3.8, 4) is 0 Å². The van der Waals surface area contributed by atoms with Crippen LogP contribution in [0.15, 0.2) is 24.3 Å². The fourth-order valence-electron chi connectivity index (χ4n) is 2.07. The van der Waals surface area contributed by atoms with E-state index in [9.17, 15) is 19.1 Å². The van der Waals surface area contributed by atoms with Crippen molar-refractivity contribution < 1.29 is 24.3 Å². The highest BCUT2D eigenvalue weighted by Crippen LogP contribution is 2.38. The summed E-state index contributed by atoms with van der Waals surface area (Å²) in [7, 11) is -4.28. The summed E-state index contributed by atoms with van der Waals surface area (Å²) in [5.41, 5.74) is 6.64. The largest absolute Gasteiger partial charge is 0.480 e. The van der Waals surface area contributed by atoms with Crippen LogP contribution < -0.4 is 5.73 Å². The molecule has 2 rings (SSSR count). The molecule has 1 aromatic carbocycles. The van der Waals surface area contributed by atoms with Crippen molar-refractivity contribution >= 4 is 24.6 Å². The molecule has 5 N–H and O–H groups in total. The molecule has 21 heavy (non-hydrogen) atoms. The third-order valence-corrected chi connectivity index (χ3v) is 3.71. The van der Waals surface area contributed by atoms with Gasteiger partial charge in [-0.05, 0) is 18.6 Å². The standard InChI is InChI=1S/C12H16N3O5P/c13-8(12(16)17)5-6-11-14-9-3-1-2-4-10(9)15(11)7-21(18,19)20/h1-4,8H,5-7,13H2,(H,16,17)(H2,18,19,20). The monoisotopic (exact) mass is 313 g/mol. The normalized spacial score (nSPS) is 13.5. The first kappa shape index (κ1) is 15.7. The molecule has 0 aliphatic rings. The van der Waals surface area contributed by atoms with E-state index in [1.54, 1.807) is 24.3 Å². The first-order valence-electron chi connectivity index (χ1n) is 6.25. The summed E-state index contributed by atoms with van der Waals surface area (Å²) in [5, 5.41) is 8.78. The number of fused-ring (bicyclic) bond motifs is 1. The second-order valence-electron chi connectivity index (χ2n) is 4.73. The van der Waals surface area contributed by atoms with Crippen molar-refractivity contribution in [3.05, 3.63) is 30.1 Å². The molecule has 0 saturated heterocycles. The van der Waals surface area contributed by atoms with Crippen molar-refractivity contribution in [2.75, 3.05) is 0 Å². The van der Waals surface area contributed by atoms with Gasteiger partial charge in [0.15, 0.2) is 0 Å². The first-order valence-corrected chi connectivity index (χ1v) is 8.05. The highest BCUT2D eigenvalue weighted by atomic mass is 31.2. The van der Waals surface area contributed by atoms with Crippen LogP contribution in [-0.4, -0.2) is 36.5 Å². The molecule has 0 aliphatic heterocycles. The molecule has 1 unspecified atom stereocenters. The van der Waals surface area contributed by atoms with Gasteiger partial charge in [-0.15, -0.1) is 0 Å². The van der Waals surface area contributed by atoms with Gasteiger partial charge in [0.2, 0.25) is 0 Å². The number of nitrogens with zero attached hydrogens (tertiary/aromatic N) is 2. The van der Waals surface area contributed by atoms with Crippen LogP contribution in [0.5, 0.6) is 0 Å². The number of nitrogens with two attached hydrogens (primary N) is 1. The maximum Gasteiger partial charge on any atom is 0.345 e. The van der Waals surface area contributed by atoms with Gasteiger partial charge in [-0.25, -0.2) is 4.98 Å². The number of aryl methyl sites for hydroxylation is 1. The molecule has 2 aromatic rings. The lowest BCUT2D eigenvalue weighted by atomic mass is 10.1. The van der Waals surface area contributed by atoms with Crippen molar-refractivity contribution in [2.24, 2.45) is 5.73 Å². The quantitative estimate of drug-likeness (QED) is 0.570. The Kier molecular flexibility index (Phi) is 4.43. The van der Waals surface area contributed by atoms with Gasteiger partial charge < -0.3 is 25.2 Å². The minimum absolute atomic E-state index is 0.139. The smallest absolute Gasteiger partial charge is 0.345 e. The summed E-state index contributed by atoms with van der Waals surface area (Å²) in [6.45, 7) is 0. The Labute approximate surface area is 120 Å². The molecule has 0 amide bonds. The van der Waals surface area contributed by atoms with Crippen molar-refractivity contribution in [1.29, 1.82) is 0 Å². The number of carbonyl (C=O) groups is 1. The SMILES string of the molecule is NC(CCc1nc2ccccc2n1CP(=O)(O)O)C(=O)O. The summed E-state index contributed by atoms with van der Waals surface area (Å²) in [6.07, 6.45) is -0.132. The number of aliphatic carboxylic acids is 1. The number of carboxylic acids is 1. The Balaban J connectivity index is 2.35. The van der Waals surface area contributed by atoms with E-state index in [0.717, 1.165) is 0 Å². The maximum absolute atomic E-state index is 11.3. The molecule has 0 saturated carbocycles. The first-order chi connectivity index (χ1) is 9.78. The Hall–Kier alpha value is -1.73. The minimum atomic E-state index is -4.28. The molecule has 1 aromatic heterocycles.